The van der Waals surface area contributed by atoms with Crippen LogP contribution in [0.15, 0.2) is 56.5 Å². The predicted octanol–water partition coefficient (Wildman–Crippen LogP) is 3.16. The molecule has 0 amide bonds. The standard InChI is InChI=1S/C15H15NO4S2/c1-19-14(10-16-22(17,18)15-7-4-8-21-15)13-9-11-5-2-3-6-12(11)20-13/h2-9,14,16H,10H2,1H3/t14-/m1/s1. The zero-order chi connectivity index (χ0) is 15.6. The van der Waals surface area contributed by atoms with Crippen molar-refractivity contribution in [3.05, 3.63) is 53.6 Å². The van der Waals surface area contributed by atoms with E-state index in [1.807, 2.05) is 30.3 Å². The highest BCUT2D eigenvalue weighted by Gasteiger charge is 2.21. The van der Waals surface area contributed by atoms with Gasteiger partial charge in [-0.1, -0.05) is 24.3 Å². The average molecular weight is 337 g/mol. The van der Waals surface area contributed by atoms with Gasteiger partial charge in [-0.2, -0.15) is 0 Å². The maximum atomic E-state index is 12.1. The molecule has 1 atom stereocenters. The molecule has 0 unspecified atom stereocenters. The predicted molar refractivity (Wildman–Crippen MR) is 85.5 cm³/mol. The van der Waals surface area contributed by atoms with Gasteiger partial charge in [-0.3, -0.25) is 0 Å². The summed E-state index contributed by atoms with van der Waals surface area (Å²) in [5.41, 5.74) is 0.751. The summed E-state index contributed by atoms with van der Waals surface area (Å²) in [4.78, 5) is 0. The summed E-state index contributed by atoms with van der Waals surface area (Å²) in [5.74, 6) is 0.595. The van der Waals surface area contributed by atoms with Crippen molar-refractivity contribution in [2.75, 3.05) is 13.7 Å². The minimum absolute atomic E-state index is 0.108. The van der Waals surface area contributed by atoms with E-state index in [9.17, 15) is 8.42 Å². The zero-order valence-corrected chi connectivity index (χ0v) is 13.5. The number of fused-ring (bicyclic) bond motifs is 1. The molecular formula is C15H15NO4S2. The van der Waals surface area contributed by atoms with Crippen molar-refractivity contribution in [3.8, 4) is 0 Å². The van der Waals surface area contributed by atoms with Gasteiger partial charge >= 0.3 is 0 Å². The highest BCUT2D eigenvalue weighted by atomic mass is 32.2. The molecule has 1 aromatic carbocycles. The van der Waals surface area contributed by atoms with E-state index < -0.39 is 16.1 Å². The van der Waals surface area contributed by atoms with Crippen molar-refractivity contribution < 1.29 is 17.6 Å². The van der Waals surface area contributed by atoms with E-state index in [1.165, 1.54) is 18.4 Å². The molecule has 0 saturated heterocycles. The maximum absolute atomic E-state index is 12.1. The first-order valence-corrected chi connectivity index (χ1v) is 9.01. The van der Waals surface area contributed by atoms with Gasteiger partial charge in [0.1, 0.15) is 21.7 Å². The smallest absolute Gasteiger partial charge is 0.250 e. The van der Waals surface area contributed by atoms with Crippen LogP contribution in [-0.2, 0) is 14.8 Å². The van der Waals surface area contributed by atoms with Gasteiger partial charge < -0.3 is 9.15 Å². The van der Waals surface area contributed by atoms with E-state index in [0.29, 0.717) is 5.76 Å². The van der Waals surface area contributed by atoms with Crippen LogP contribution in [0.2, 0.25) is 0 Å². The lowest BCUT2D eigenvalue weighted by Gasteiger charge is -2.13. The molecule has 3 rings (SSSR count). The summed E-state index contributed by atoms with van der Waals surface area (Å²) in [6, 6.07) is 12.7. The Morgan fingerprint density at radius 3 is 2.77 bits per heavy atom. The topological polar surface area (TPSA) is 68.5 Å². The first kappa shape index (κ1) is 15.2. The normalized spacial score (nSPS) is 13.5. The van der Waals surface area contributed by atoms with Gasteiger partial charge in [0.25, 0.3) is 0 Å². The number of para-hydroxylation sites is 1. The fourth-order valence-corrected chi connectivity index (χ4v) is 4.20. The van der Waals surface area contributed by atoms with Crippen LogP contribution in [0.1, 0.15) is 11.9 Å². The number of methoxy groups -OCH3 is 1. The van der Waals surface area contributed by atoms with E-state index in [-0.39, 0.29) is 10.8 Å². The zero-order valence-electron chi connectivity index (χ0n) is 11.9. The minimum atomic E-state index is -3.51. The SMILES string of the molecule is CO[C@H](CNS(=O)(=O)c1cccs1)c1cc2ccccc2o1. The van der Waals surface area contributed by atoms with E-state index in [4.69, 9.17) is 9.15 Å². The molecule has 5 nitrogen and oxygen atoms in total. The second-order valence-electron chi connectivity index (χ2n) is 4.69. The Kier molecular flexibility index (Phi) is 4.30. The van der Waals surface area contributed by atoms with Gasteiger partial charge in [0.2, 0.25) is 10.0 Å². The minimum Gasteiger partial charge on any atom is -0.458 e. The fraction of sp³-hybridized carbons (Fsp3) is 0.200. The maximum Gasteiger partial charge on any atom is 0.250 e. The van der Waals surface area contributed by atoms with Crippen LogP contribution in [-0.4, -0.2) is 22.1 Å². The van der Waals surface area contributed by atoms with Crippen LogP contribution in [0.4, 0.5) is 0 Å². The molecule has 2 heterocycles. The number of rotatable bonds is 6. The van der Waals surface area contributed by atoms with Crippen molar-refractivity contribution in [2.24, 2.45) is 0 Å². The fourth-order valence-electron chi connectivity index (χ4n) is 2.13. The number of hydrogen-bond donors (Lipinski definition) is 1. The number of hydrogen-bond acceptors (Lipinski definition) is 5. The molecule has 0 bridgehead atoms. The van der Waals surface area contributed by atoms with Gasteiger partial charge in [0.05, 0.1) is 0 Å². The Morgan fingerprint density at radius 1 is 1.27 bits per heavy atom. The van der Waals surface area contributed by atoms with Crippen molar-refractivity contribution in [2.45, 2.75) is 10.3 Å². The Hall–Kier alpha value is -1.67. The molecule has 0 radical (unpaired) electrons. The Balaban J connectivity index is 1.77. The summed E-state index contributed by atoms with van der Waals surface area (Å²) >= 11 is 1.17. The number of furan rings is 1. The lowest BCUT2D eigenvalue weighted by atomic mass is 10.2. The molecule has 0 aliphatic rings. The highest BCUT2D eigenvalue weighted by Crippen LogP contribution is 2.25. The summed E-state index contributed by atoms with van der Waals surface area (Å²) in [7, 11) is -1.99. The summed E-state index contributed by atoms with van der Waals surface area (Å²) in [6.07, 6.45) is -0.484. The molecule has 116 valence electrons. The van der Waals surface area contributed by atoms with Gasteiger partial charge in [-0.05, 0) is 23.6 Å². The molecule has 0 saturated carbocycles. The average Bonchev–Trinajstić information content (AvgIpc) is 3.17. The third-order valence-electron chi connectivity index (χ3n) is 3.27. The van der Waals surface area contributed by atoms with Crippen molar-refractivity contribution >= 4 is 32.3 Å². The van der Waals surface area contributed by atoms with Gasteiger partial charge in [0.15, 0.2) is 0 Å². The first-order valence-electron chi connectivity index (χ1n) is 6.64. The summed E-state index contributed by atoms with van der Waals surface area (Å²) in [6.45, 7) is 0.108. The van der Waals surface area contributed by atoms with Crippen LogP contribution in [0, 0.1) is 0 Å². The molecular weight excluding hydrogens is 322 g/mol. The first-order chi connectivity index (χ1) is 10.6. The second kappa shape index (κ2) is 6.21. The van der Waals surface area contributed by atoms with Gasteiger partial charge in [0, 0.05) is 19.0 Å². The van der Waals surface area contributed by atoms with Gasteiger partial charge in [-0.15, -0.1) is 11.3 Å². The third-order valence-corrected chi connectivity index (χ3v) is 6.09. The van der Waals surface area contributed by atoms with Crippen molar-refractivity contribution in [3.63, 3.8) is 0 Å². The van der Waals surface area contributed by atoms with E-state index >= 15 is 0 Å². The van der Waals surface area contributed by atoms with Crippen LogP contribution < -0.4 is 4.72 Å². The molecule has 0 spiro atoms. The monoisotopic (exact) mass is 337 g/mol. The molecule has 3 aromatic rings. The van der Waals surface area contributed by atoms with Crippen molar-refractivity contribution in [1.82, 2.24) is 4.72 Å². The number of benzene rings is 1. The second-order valence-corrected chi connectivity index (χ2v) is 7.64. The van der Waals surface area contributed by atoms with Crippen LogP contribution in [0.5, 0.6) is 0 Å². The van der Waals surface area contributed by atoms with Crippen LogP contribution in [0.3, 0.4) is 0 Å². The summed E-state index contributed by atoms with van der Waals surface area (Å²) in [5, 5.41) is 2.68. The van der Waals surface area contributed by atoms with E-state index in [1.54, 1.807) is 17.5 Å². The molecule has 22 heavy (non-hydrogen) atoms. The molecule has 0 aliphatic carbocycles. The Bertz CT molecular complexity index is 820. The number of nitrogens with one attached hydrogen (secondary N) is 1. The number of sulfonamides is 1. The van der Waals surface area contributed by atoms with Crippen LogP contribution in [0.25, 0.3) is 11.0 Å². The third kappa shape index (κ3) is 3.07. The molecule has 7 heteroatoms. The van der Waals surface area contributed by atoms with E-state index in [2.05, 4.69) is 4.72 Å². The largest absolute Gasteiger partial charge is 0.458 e. The Labute approximate surface area is 132 Å². The lowest BCUT2D eigenvalue weighted by Crippen LogP contribution is -2.28. The summed E-state index contributed by atoms with van der Waals surface area (Å²) < 4.78 is 38.2. The van der Waals surface area contributed by atoms with Crippen LogP contribution >= 0.6 is 11.3 Å². The van der Waals surface area contributed by atoms with Gasteiger partial charge in [-0.25, -0.2) is 13.1 Å². The quantitative estimate of drug-likeness (QED) is 0.750. The lowest BCUT2D eigenvalue weighted by molar-refractivity contribution is 0.0894. The molecule has 2 aromatic heterocycles. The number of ether oxygens (including phenoxy) is 1. The molecule has 0 aliphatic heterocycles. The Morgan fingerprint density at radius 2 is 2.09 bits per heavy atom. The molecule has 0 fully saturated rings. The highest BCUT2D eigenvalue weighted by molar-refractivity contribution is 7.91. The number of thiophene rings is 1. The van der Waals surface area contributed by atoms with E-state index in [0.717, 1.165) is 11.0 Å². The molecule has 1 N–H and O–H groups in total. The van der Waals surface area contributed by atoms with Crippen molar-refractivity contribution in [1.29, 1.82) is 0 Å².